The molecule has 0 saturated carbocycles. The summed E-state index contributed by atoms with van der Waals surface area (Å²) in [4.78, 5) is 14.5. The number of para-hydroxylation sites is 1. The number of amides is 1. The van der Waals surface area contributed by atoms with Crippen LogP contribution in [0.1, 0.15) is 11.1 Å². The van der Waals surface area contributed by atoms with Crippen LogP contribution in [-0.4, -0.2) is 25.2 Å². The molecule has 3 aromatic rings. The van der Waals surface area contributed by atoms with Crippen LogP contribution in [-0.2, 0) is 27.9 Å². The first kappa shape index (κ1) is 20.5. The van der Waals surface area contributed by atoms with Crippen molar-refractivity contribution in [3.63, 3.8) is 0 Å². The molecule has 1 aliphatic heterocycles. The number of hydrogen-bond donors (Lipinski definition) is 0. The highest BCUT2D eigenvalue weighted by Crippen LogP contribution is 2.33. The largest absolute Gasteiger partial charge is 0.305 e. The lowest BCUT2D eigenvalue weighted by molar-refractivity contribution is -0.119. The van der Waals surface area contributed by atoms with E-state index in [1.165, 1.54) is 23.1 Å². The third-order valence-corrected chi connectivity index (χ3v) is 7.13. The summed E-state index contributed by atoms with van der Waals surface area (Å²) in [6, 6.07) is 19.2. The molecule has 3 aromatic carbocycles. The Bertz CT molecular complexity index is 1220. The van der Waals surface area contributed by atoms with Crippen LogP contribution >= 0.6 is 11.6 Å². The van der Waals surface area contributed by atoms with Crippen molar-refractivity contribution in [3.8, 4) is 0 Å². The van der Waals surface area contributed by atoms with E-state index in [2.05, 4.69) is 0 Å². The fraction of sp³-hybridized carbons (Fsp3) is 0.136. The number of anilines is 1. The SMILES string of the molecule is O=C1CN(Cc2ccccc2Cl)S(=O)(=O)c2ccccc2N1Cc1cccc(F)c1. The first-order valence-corrected chi connectivity index (χ1v) is 11.1. The summed E-state index contributed by atoms with van der Waals surface area (Å²) >= 11 is 6.21. The molecule has 1 heterocycles. The van der Waals surface area contributed by atoms with Crippen molar-refractivity contribution in [3.05, 3.63) is 94.8 Å². The maximum Gasteiger partial charge on any atom is 0.245 e. The molecular weight excluding hydrogens is 427 g/mol. The number of hydrogen-bond acceptors (Lipinski definition) is 3. The average Bonchev–Trinajstić information content (AvgIpc) is 2.79. The zero-order chi connectivity index (χ0) is 21.3. The third kappa shape index (κ3) is 3.96. The van der Waals surface area contributed by atoms with E-state index in [-0.39, 0.29) is 30.2 Å². The van der Waals surface area contributed by atoms with Crippen molar-refractivity contribution in [2.24, 2.45) is 0 Å². The summed E-state index contributed by atoms with van der Waals surface area (Å²) in [5, 5.41) is 0.425. The van der Waals surface area contributed by atoms with Crippen LogP contribution in [0.25, 0.3) is 0 Å². The summed E-state index contributed by atoms with van der Waals surface area (Å²) < 4.78 is 41.5. The van der Waals surface area contributed by atoms with Gasteiger partial charge in [-0.3, -0.25) is 4.79 Å². The molecule has 0 unspecified atom stereocenters. The molecule has 0 N–H and O–H groups in total. The van der Waals surface area contributed by atoms with Gasteiger partial charge >= 0.3 is 0 Å². The van der Waals surface area contributed by atoms with E-state index in [1.807, 2.05) is 0 Å². The molecule has 5 nitrogen and oxygen atoms in total. The van der Waals surface area contributed by atoms with Gasteiger partial charge in [0.25, 0.3) is 0 Å². The summed E-state index contributed by atoms with van der Waals surface area (Å²) in [5.74, 6) is -0.823. The van der Waals surface area contributed by atoms with Crippen LogP contribution in [0.5, 0.6) is 0 Å². The predicted octanol–water partition coefficient (Wildman–Crippen LogP) is 4.22. The molecule has 0 fully saturated rings. The summed E-state index contributed by atoms with van der Waals surface area (Å²) in [7, 11) is -3.96. The number of carbonyl (C=O) groups excluding carboxylic acids is 1. The standard InChI is InChI=1S/C22H18ClFN2O3S/c23-19-9-2-1-7-17(19)14-25-15-22(27)26(13-16-6-5-8-18(24)12-16)20-10-3-4-11-21(20)30(25,28)29/h1-12H,13-15H2. The van der Waals surface area contributed by atoms with Gasteiger partial charge in [0.2, 0.25) is 15.9 Å². The smallest absolute Gasteiger partial charge is 0.245 e. The number of sulfonamides is 1. The normalized spacial score (nSPS) is 16.2. The Balaban J connectivity index is 1.76. The average molecular weight is 445 g/mol. The van der Waals surface area contributed by atoms with Gasteiger partial charge in [0.05, 0.1) is 18.8 Å². The second kappa shape index (κ2) is 8.18. The van der Waals surface area contributed by atoms with Crippen LogP contribution in [0.2, 0.25) is 5.02 Å². The van der Waals surface area contributed by atoms with Crippen molar-refractivity contribution in [2.45, 2.75) is 18.0 Å². The van der Waals surface area contributed by atoms with Gasteiger partial charge < -0.3 is 4.90 Å². The van der Waals surface area contributed by atoms with Crippen LogP contribution in [0.15, 0.2) is 77.7 Å². The van der Waals surface area contributed by atoms with Crippen molar-refractivity contribution in [2.75, 3.05) is 11.4 Å². The van der Waals surface area contributed by atoms with Crippen molar-refractivity contribution in [1.82, 2.24) is 4.31 Å². The van der Waals surface area contributed by atoms with E-state index in [9.17, 15) is 17.6 Å². The van der Waals surface area contributed by atoms with Crippen molar-refractivity contribution < 1.29 is 17.6 Å². The van der Waals surface area contributed by atoms with E-state index in [1.54, 1.807) is 54.6 Å². The summed E-state index contributed by atoms with van der Waals surface area (Å²) in [6.07, 6.45) is 0. The maximum atomic E-state index is 13.6. The Morgan fingerprint density at radius 1 is 0.933 bits per heavy atom. The zero-order valence-corrected chi connectivity index (χ0v) is 17.4. The fourth-order valence-corrected chi connectivity index (χ4v) is 5.20. The van der Waals surface area contributed by atoms with Gasteiger partial charge in [-0.2, -0.15) is 4.31 Å². The van der Waals surface area contributed by atoms with Gasteiger partial charge in [-0.05, 0) is 41.5 Å². The Kier molecular flexibility index (Phi) is 5.60. The Labute approximate surface area is 179 Å². The molecule has 30 heavy (non-hydrogen) atoms. The monoisotopic (exact) mass is 444 g/mol. The van der Waals surface area contributed by atoms with Crippen LogP contribution < -0.4 is 4.90 Å². The van der Waals surface area contributed by atoms with Crippen molar-refractivity contribution in [1.29, 1.82) is 0 Å². The second-order valence-electron chi connectivity index (χ2n) is 6.94. The Morgan fingerprint density at radius 2 is 1.67 bits per heavy atom. The van der Waals surface area contributed by atoms with E-state index in [0.29, 0.717) is 16.1 Å². The van der Waals surface area contributed by atoms with Gasteiger partial charge in [-0.1, -0.05) is 54.1 Å². The molecule has 0 atom stereocenters. The number of rotatable bonds is 4. The fourth-order valence-electron chi connectivity index (χ4n) is 3.44. The van der Waals surface area contributed by atoms with E-state index in [4.69, 9.17) is 11.6 Å². The number of carbonyl (C=O) groups is 1. The molecule has 1 amide bonds. The molecule has 4 rings (SSSR count). The first-order valence-electron chi connectivity index (χ1n) is 9.23. The highest BCUT2D eigenvalue weighted by Gasteiger charge is 2.36. The molecule has 8 heteroatoms. The Hall–Kier alpha value is -2.74. The summed E-state index contributed by atoms with van der Waals surface area (Å²) in [5.41, 5.74) is 1.44. The lowest BCUT2D eigenvalue weighted by Gasteiger charge is -2.22. The minimum absolute atomic E-state index is 0.0271. The van der Waals surface area contributed by atoms with Gasteiger partial charge in [0, 0.05) is 11.6 Å². The van der Waals surface area contributed by atoms with Gasteiger partial charge in [0.15, 0.2) is 0 Å². The molecule has 0 saturated heterocycles. The lowest BCUT2D eigenvalue weighted by atomic mass is 10.2. The van der Waals surface area contributed by atoms with Crippen LogP contribution in [0.4, 0.5) is 10.1 Å². The molecule has 0 spiro atoms. The number of fused-ring (bicyclic) bond motifs is 1. The van der Waals surface area contributed by atoms with E-state index < -0.39 is 21.7 Å². The number of halogens is 2. The van der Waals surface area contributed by atoms with Crippen molar-refractivity contribution >= 4 is 33.2 Å². The van der Waals surface area contributed by atoms with Crippen LogP contribution in [0.3, 0.4) is 0 Å². The summed E-state index contributed by atoms with van der Waals surface area (Å²) in [6.45, 7) is -0.323. The van der Waals surface area contributed by atoms with Gasteiger partial charge in [-0.15, -0.1) is 0 Å². The lowest BCUT2D eigenvalue weighted by Crippen LogP contribution is -2.38. The van der Waals surface area contributed by atoms with Gasteiger partial charge in [0.1, 0.15) is 10.7 Å². The highest BCUT2D eigenvalue weighted by molar-refractivity contribution is 7.89. The topological polar surface area (TPSA) is 57.7 Å². The third-order valence-electron chi connectivity index (χ3n) is 4.92. The highest BCUT2D eigenvalue weighted by atomic mass is 35.5. The quantitative estimate of drug-likeness (QED) is 0.605. The van der Waals surface area contributed by atoms with Gasteiger partial charge in [-0.25, -0.2) is 12.8 Å². The molecular formula is C22H18ClFN2O3S. The van der Waals surface area contributed by atoms with Crippen LogP contribution in [0, 0.1) is 5.82 Å². The molecule has 0 radical (unpaired) electrons. The number of benzene rings is 3. The molecule has 0 bridgehead atoms. The molecule has 154 valence electrons. The number of nitrogens with zero attached hydrogens (tertiary/aromatic N) is 2. The second-order valence-corrected chi connectivity index (χ2v) is 9.26. The molecule has 1 aliphatic rings. The maximum absolute atomic E-state index is 13.6. The van der Waals surface area contributed by atoms with E-state index >= 15 is 0 Å². The minimum Gasteiger partial charge on any atom is -0.305 e. The first-order chi connectivity index (χ1) is 14.4. The molecule has 0 aliphatic carbocycles. The molecule has 0 aromatic heterocycles. The zero-order valence-electron chi connectivity index (χ0n) is 15.8. The Morgan fingerprint density at radius 3 is 2.43 bits per heavy atom. The minimum atomic E-state index is -3.96. The predicted molar refractivity (Wildman–Crippen MR) is 113 cm³/mol. The van der Waals surface area contributed by atoms with E-state index in [0.717, 1.165) is 4.31 Å².